The molecular weight excluding hydrogens is 418 g/mol. The first-order chi connectivity index (χ1) is 16.1. The molecule has 0 spiro atoms. The lowest BCUT2D eigenvalue weighted by molar-refractivity contribution is -0.102. The largest absolute Gasteiger partial charge is 0.475 e. The van der Waals surface area contributed by atoms with Crippen molar-refractivity contribution in [1.29, 1.82) is 0 Å². The molecule has 2 unspecified atom stereocenters. The van der Waals surface area contributed by atoms with E-state index in [0.717, 1.165) is 28.8 Å². The fourth-order valence-electron chi connectivity index (χ4n) is 3.84. The number of fused-ring (bicyclic) bond motifs is 3. The summed E-state index contributed by atoms with van der Waals surface area (Å²) in [4.78, 5) is 16.7. The molecule has 3 heterocycles. The van der Waals surface area contributed by atoms with Gasteiger partial charge in [-0.2, -0.15) is 4.98 Å². The Morgan fingerprint density at radius 3 is 3.12 bits per heavy atom. The zero-order chi connectivity index (χ0) is 23.0. The summed E-state index contributed by atoms with van der Waals surface area (Å²) in [5.41, 5.74) is 3.65. The van der Waals surface area contributed by atoms with Gasteiger partial charge in [-0.1, -0.05) is 42.7 Å². The lowest BCUT2D eigenvalue weighted by Crippen LogP contribution is -2.34. The molecule has 1 aromatic carbocycles. The summed E-state index contributed by atoms with van der Waals surface area (Å²) in [5, 5.41) is 3.33. The second kappa shape index (κ2) is 11.1. The van der Waals surface area contributed by atoms with Crippen LogP contribution in [-0.2, 0) is 22.4 Å². The van der Waals surface area contributed by atoms with Crippen molar-refractivity contribution in [2.75, 3.05) is 33.0 Å². The number of aryl methyl sites for hydroxylation is 1. The number of nitrogens with zero attached hydrogens (tertiary/aromatic N) is 2. The maximum Gasteiger partial charge on any atom is 0.351 e. The van der Waals surface area contributed by atoms with Crippen LogP contribution < -0.4 is 15.7 Å². The quantitative estimate of drug-likeness (QED) is 0.519. The van der Waals surface area contributed by atoms with Gasteiger partial charge in [-0.25, -0.2) is 4.79 Å². The van der Waals surface area contributed by atoms with E-state index in [1.165, 1.54) is 0 Å². The van der Waals surface area contributed by atoms with Crippen LogP contribution in [0.25, 0.3) is 11.3 Å². The highest BCUT2D eigenvalue weighted by atomic mass is 16.6. The van der Waals surface area contributed by atoms with E-state index < -0.39 is 0 Å². The average molecular weight is 448 g/mol. The molecule has 0 amide bonds. The van der Waals surface area contributed by atoms with Gasteiger partial charge in [0, 0.05) is 29.8 Å². The number of aromatic nitrogens is 2. The molecular formula is C26H29N3O4. The highest BCUT2D eigenvalue weighted by Crippen LogP contribution is 2.30. The van der Waals surface area contributed by atoms with E-state index in [4.69, 9.17) is 14.2 Å². The molecule has 0 aliphatic carbocycles. The van der Waals surface area contributed by atoms with Crippen LogP contribution in [0.15, 0.2) is 53.9 Å². The van der Waals surface area contributed by atoms with Crippen molar-refractivity contribution in [2.45, 2.75) is 32.0 Å². The van der Waals surface area contributed by atoms with Crippen molar-refractivity contribution in [1.82, 2.24) is 14.9 Å². The van der Waals surface area contributed by atoms with Crippen LogP contribution in [0.3, 0.4) is 0 Å². The van der Waals surface area contributed by atoms with E-state index in [1.807, 2.05) is 30.4 Å². The predicted molar refractivity (Wildman–Crippen MR) is 127 cm³/mol. The van der Waals surface area contributed by atoms with Gasteiger partial charge in [0.15, 0.2) is 0 Å². The number of nitrogens with one attached hydrogen (secondary N) is 1. The first-order valence-corrected chi connectivity index (χ1v) is 11.2. The van der Waals surface area contributed by atoms with Crippen molar-refractivity contribution in [3.8, 4) is 29.0 Å². The standard InChI is InChI=1S/C26H29N3O4/c1-3-4-6-19(2)27-11-5-7-20-8-9-23-21(15-20)10-12-29-24(23)16-25(28-26(29)30)33-18-22-17-31-13-14-32-22/h3-4,6,8-9,15-16,19,22,27H,1,10-14,17-18H2,2H3/b6-4-. The van der Waals surface area contributed by atoms with E-state index in [9.17, 15) is 4.79 Å². The number of hydrogen-bond donors (Lipinski definition) is 1. The van der Waals surface area contributed by atoms with Gasteiger partial charge in [-0.15, -0.1) is 0 Å². The van der Waals surface area contributed by atoms with Crippen molar-refractivity contribution >= 4 is 0 Å². The van der Waals surface area contributed by atoms with E-state index in [-0.39, 0.29) is 17.8 Å². The minimum atomic E-state index is -0.302. The maximum atomic E-state index is 12.6. The van der Waals surface area contributed by atoms with Gasteiger partial charge in [0.2, 0.25) is 5.88 Å². The number of rotatable bonds is 7. The minimum Gasteiger partial charge on any atom is -0.475 e. The zero-order valence-electron chi connectivity index (χ0n) is 18.9. The monoisotopic (exact) mass is 447 g/mol. The lowest BCUT2D eigenvalue weighted by Gasteiger charge is -2.24. The van der Waals surface area contributed by atoms with Crippen molar-refractivity contribution in [3.05, 3.63) is 70.7 Å². The Balaban J connectivity index is 1.46. The van der Waals surface area contributed by atoms with Crippen molar-refractivity contribution in [3.63, 3.8) is 0 Å². The number of hydrogen-bond acceptors (Lipinski definition) is 6. The smallest absolute Gasteiger partial charge is 0.351 e. The van der Waals surface area contributed by atoms with Gasteiger partial charge in [0.25, 0.3) is 0 Å². The number of allylic oxidation sites excluding steroid dienone is 2. The molecule has 0 saturated carbocycles. The average Bonchev–Trinajstić information content (AvgIpc) is 2.84. The first kappa shape index (κ1) is 23.0. The highest BCUT2D eigenvalue weighted by Gasteiger charge is 2.20. The fraction of sp³-hybridized carbons (Fsp3) is 0.385. The summed E-state index contributed by atoms with van der Waals surface area (Å²) in [6, 6.07) is 8.18. The zero-order valence-corrected chi connectivity index (χ0v) is 18.9. The molecule has 2 aliphatic heterocycles. The van der Waals surface area contributed by atoms with E-state index in [0.29, 0.717) is 45.4 Å². The molecule has 1 fully saturated rings. The highest BCUT2D eigenvalue weighted by molar-refractivity contribution is 5.67. The Bertz CT molecular complexity index is 1140. The first-order valence-electron chi connectivity index (χ1n) is 11.2. The molecule has 7 nitrogen and oxygen atoms in total. The van der Waals surface area contributed by atoms with Gasteiger partial charge in [-0.05, 0) is 31.0 Å². The Labute approximate surface area is 194 Å². The van der Waals surface area contributed by atoms with Gasteiger partial charge in [0.05, 0.1) is 32.1 Å². The van der Waals surface area contributed by atoms with E-state index >= 15 is 0 Å². The fourth-order valence-corrected chi connectivity index (χ4v) is 3.84. The molecule has 1 saturated heterocycles. The molecule has 33 heavy (non-hydrogen) atoms. The summed E-state index contributed by atoms with van der Waals surface area (Å²) >= 11 is 0. The Morgan fingerprint density at radius 1 is 1.39 bits per heavy atom. The van der Waals surface area contributed by atoms with Crippen LogP contribution in [0.2, 0.25) is 0 Å². The molecule has 4 rings (SSSR count). The van der Waals surface area contributed by atoms with Crippen LogP contribution in [0.5, 0.6) is 5.88 Å². The Hall–Kier alpha value is -3.18. The Morgan fingerprint density at radius 2 is 2.30 bits per heavy atom. The number of ether oxygens (including phenoxy) is 3. The number of benzene rings is 1. The van der Waals surface area contributed by atoms with Crippen LogP contribution >= 0.6 is 0 Å². The summed E-state index contributed by atoms with van der Waals surface area (Å²) in [6.07, 6.45) is 6.32. The second-order valence-corrected chi connectivity index (χ2v) is 8.01. The molecule has 7 heteroatoms. The third-order valence-electron chi connectivity index (χ3n) is 5.56. The Kier molecular flexibility index (Phi) is 7.74. The minimum absolute atomic E-state index is 0.150. The van der Waals surface area contributed by atoms with Crippen molar-refractivity contribution in [2.24, 2.45) is 0 Å². The lowest BCUT2D eigenvalue weighted by atomic mass is 9.95. The molecule has 2 aliphatic rings. The third-order valence-corrected chi connectivity index (χ3v) is 5.56. The molecule has 1 aromatic heterocycles. The summed E-state index contributed by atoms with van der Waals surface area (Å²) in [5.74, 6) is 6.70. The van der Waals surface area contributed by atoms with Gasteiger partial charge < -0.3 is 19.5 Å². The van der Waals surface area contributed by atoms with Gasteiger partial charge in [-0.3, -0.25) is 4.57 Å². The molecule has 2 atom stereocenters. The normalized spacial score (nSPS) is 18.0. The predicted octanol–water partition coefficient (Wildman–Crippen LogP) is 2.33. The van der Waals surface area contributed by atoms with E-state index in [1.54, 1.807) is 10.6 Å². The molecule has 0 bridgehead atoms. The van der Waals surface area contributed by atoms with Crippen LogP contribution in [0.4, 0.5) is 0 Å². The van der Waals surface area contributed by atoms with Gasteiger partial charge >= 0.3 is 5.69 Å². The summed E-state index contributed by atoms with van der Waals surface area (Å²) < 4.78 is 18.5. The third kappa shape index (κ3) is 5.99. The molecule has 2 aromatic rings. The SMILES string of the molecule is C=C/C=C\C(C)NCC#Cc1ccc2c(c1)CCn1c-2cc(OCC2COCCO2)nc1=O. The molecule has 1 N–H and O–H groups in total. The van der Waals surface area contributed by atoms with E-state index in [2.05, 4.69) is 41.7 Å². The summed E-state index contributed by atoms with van der Waals surface area (Å²) in [7, 11) is 0. The van der Waals surface area contributed by atoms with Crippen LogP contribution in [-0.4, -0.2) is 54.7 Å². The van der Waals surface area contributed by atoms with Crippen molar-refractivity contribution < 1.29 is 14.2 Å². The molecule has 0 radical (unpaired) electrons. The van der Waals surface area contributed by atoms with Crippen LogP contribution in [0, 0.1) is 11.8 Å². The van der Waals surface area contributed by atoms with Gasteiger partial charge in [0.1, 0.15) is 12.7 Å². The summed E-state index contributed by atoms with van der Waals surface area (Å²) in [6.45, 7) is 8.86. The van der Waals surface area contributed by atoms with Crippen LogP contribution in [0.1, 0.15) is 18.1 Å². The maximum absolute atomic E-state index is 12.6. The second-order valence-electron chi connectivity index (χ2n) is 8.01. The topological polar surface area (TPSA) is 74.6 Å². The molecule has 172 valence electrons.